The van der Waals surface area contributed by atoms with E-state index in [0.29, 0.717) is 35.8 Å². The number of nitrogens with one attached hydrogen (secondary N) is 1. The Hall–Kier alpha value is -1.55. The molecule has 5 aliphatic rings. The second kappa shape index (κ2) is 15.4. The van der Waals surface area contributed by atoms with E-state index in [2.05, 4.69) is 95.0 Å². The molecule has 1 amide bonds. The summed E-state index contributed by atoms with van der Waals surface area (Å²) in [6.45, 7) is 19.0. The first-order valence-corrected chi connectivity index (χ1v) is 19.1. The van der Waals surface area contributed by atoms with E-state index in [4.69, 9.17) is 4.84 Å². The van der Waals surface area contributed by atoms with Crippen LogP contribution in [0.1, 0.15) is 105 Å². The number of rotatable bonds is 14. The summed E-state index contributed by atoms with van der Waals surface area (Å²) >= 11 is 0. The summed E-state index contributed by atoms with van der Waals surface area (Å²) in [5.41, 5.74) is 2.91. The van der Waals surface area contributed by atoms with Gasteiger partial charge in [-0.25, -0.2) is 0 Å². The van der Waals surface area contributed by atoms with Crippen LogP contribution in [0.25, 0.3) is 0 Å². The van der Waals surface area contributed by atoms with Crippen LogP contribution in [-0.2, 0) is 22.7 Å². The predicted molar refractivity (Wildman–Crippen MR) is 193 cm³/mol. The van der Waals surface area contributed by atoms with Gasteiger partial charge in [-0.05, 0) is 98.8 Å². The fourth-order valence-corrected chi connectivity index (χ4v) is 10.0. The first-order valence-electron chi connectivity index (χ1n) is 19.1. The average Bonchev–Trinajstić information content (AvgIpc) is 3.64. The van der Waals surface area contributed by atoms with Gasteiger partial charge in [-0.3, -0.25) is 14.5 Å². The lowest BCUT2D eigenvalue weighted by Crippen LogP contribution is -2.62. The van der Waals surface area contributed by atoms with Crippen LogP contribution in [0, 0.1) is 40.4 Å². The number of aliphatic hydroxyl groups is 2. The highest BCUT2D eigenvalue weighted by molar-refractivity contribution is 5.82. The van der Waals surface area contributed by atoms with Gasteiger partial charge < -0.3 is 20.4 Å². The molecule has 3 N–H and O–H groups in total. The molecule has 4 aliphatic carbocycles. The third-order valence-electron chi connectivity index (χ3n) is 12.7. The van der Waals surface area contributed by atoms with Crippen LogP contribution in [0.4, 0.5) is 0 Å². The highest BCUT2D eigenvalue weighted by atomic mass is 16.7. The summed E-state index contributed by atoms with van der Waals surface area (Å²) < 4.78 is 0. The van der Waals surface area contributed by atoms with Crippen molar-refractivity contribution in [3.8, 4) is 0 Å². The van der Waals surface area contributed by atoms with E-state index in [1.54, 1.807) is 12.0 Å². The molecule has 0 spiro atoms. The van der Waals surface area contributed by atoms with Gasteiger partial charge in [0.15, 0.2) is 0 Å². The maximum absolute atomic E-state index is 14.1. The number of carbonyl (C=O) groups is 1. The van der Waals surface area contributed by atoms with Gasteiger partial charge >= 0.3 is 0 Å². The molecule has 0 unspecified atom stereocenters. The molecular formula is C40H68N4O4. The number of hydrogen-bond acceptors (Lipinski definition) is 7. The highest BCUT2D eigenvalue weighted by Crippen LogP contribution is 2.61. The largest absolute Gasteiger partial charge is 0.394 e. The van der Waals surface area contributed by atoms with Crippen LogP contribution in [0.5, 0.6) is 0 Å². The van der Waals surface area contributed by atoms with E-state index in [9.17, 15) is 15.0 Å². The number of nitrogens with zero attached hydrogens (tertiary/aromatic N) is 3. The Bertz CT molecular complexity index is 1210. The molecular weight excluding hydrogens is 600 g/mol. The number of hydrogen-bond donors (Lipinski definition) is 3. The molecule has 9 atom stereocenters. The van der Waals surface area contributed by atoms with Crippen LogP contribution in [0.15, 0.2) is 24.3 Å². The Balaban J connectivity index is 1.34. The lowest BCUT2D eigenvalue weighted by molar-refractivity contribution is -0.183. The molecule has 0 aromatic heterocycles. The molecule has 8 nitrogen and oxygen atoms in total. The topological polar surface area (TPSA) is 88.5 Å². The Labute approximate surface area is 291 Å². The maximum Gasteiger partial charge on any atom is 0.240 e. The lowest BCUT2D eigenvalue weighted by Gasteiger charge is -2.62. The molecule has 1 aliphatic heterocycles. The Kier molecular flexibility index (Phi) is 12.1. The number of hydroxylamine groups is 2. The zero-order valence-electron chi connectivity index (χ0n) is 31.6. The van der Waals surface area contributed by atoms with E-state index in [1.165, 1.54) is 37.7 Å². The smallest absolute Gasteiger partial charge is 0.240 e. The molecule has 2 bridgehead atoms. The summed E-state index contributed by atoms with van der Waals surface area (Å²) in [5.74, 6) is 1.80. The normalized spacial score (nSPS) is 32.1. The van der Waals surface area contributed by atoms with Crippen LogP contribution in [-0.4, -0.2) is 95.1 Å². The van der Waals surface area contributed by atoms with Gasteiger partial charge in [-0.15, -0.1) is 0 Å². The molecule has 272 valence electrons. The monoisotopic (exact) mass is 669 g/mol. The third kappa shape index (κ3) is 8.66. The van der Waals surface area contributed by atoms with Crippen molar-refractivity contribution in [3.05, 3.63) is 35.4 Å². The van der Waals surface area contributed by atoms with Gasteiger partial charge in [0, 0.05) is 37.6 Å². The number of amides is 1. The third-order valence-corrected chi connectivity index (χ3v) is 12.7. The first kappa shape index (κ1) is 37.7. The molecule has 1 aromatic rings. The minimum absolute atomic E-state index is 0.0968. The van der Waals surface area contributed by atoms with Gasteiger partial charge in [0.05, 0.1) is 19.3 Å². The van der Waals surface area contributed by atoms with E-state index < -0.39 is 24.2 Å². The van der Waals surface area contributed by atoms with Gasteiger partial charge in [0.2, 0.25) is 5.91 Å². The van der Waals surface area contributed by atoms with Crippen molar-refractivity contribution in [1.82, 2.24) is 20.2 Å². The van der Waals surface area contributed by atoms with Crippen molar-refractivity contribution in [3.63, 3.8) is 0 Å². The summed E-state index contributed by atoms with van der Waals surface area (Å²) in [6.07, 6.45) is 7.29. The second-order valence-electron chi connectivity index (χ2n) is 18.3. The maximum atomic E-state index is 14.1. The molecule has 5 fully saturated rings. The van der Waals surface area contributed by atoms with E-state index in [-0.39, 0.29) is 24.0 Å². The molecule has 1 saturated heterocycles. The van der Waals surface area contributed by atoms with Crippen molar-refractivity contribution in [2.24, 2.45) is 40.4 Å². The van der Waals surface area contributed by atoms with Crippen molar-refractivity contribution >= 4 is 5.91 Å². The van der Waals surface area contributed by atoms with Crippen LogP contribution in [0.3, 0.4) is 0 Å². The molecule has 1 aromatic carbocycles. The zero-order chi connectivity index (χ0) is 35.0. The fraction of sp³-hybridized carbons (Fsp3) is 0.825. The molecule has 8 heteroatoms. The molecule has 1 heterocycles. The summed E-state index contributed by atoms with van der Waals surface area (Å²) in [4.78, 5) is 25.5. The minimum atomic E-state index is -0.800. The van der Waals surface area contributed by atoms with E-state index in [1.807, 2.05) is 0 Å². The Morgan fingerprint density at radius 3 is 2.42 bits per heavy atom. The minimum Gasteiger partial charge on any atom is -0.394 e. The van der Waals surface area contributed by atoms with Crippen LogP contribution in [0.2, 0.25) is 0 Å². The number of fused-ring (bicyclic) bond motifs is 2. The van der Waals surface area contributed by atoms with E-state index in [0.717, 1.165) is 44.0 Å². The number of carbonyl (C=O) groups excluding carboxylic acids is 1. The summed E-state index contributed by atoms with van der Waals surface area (Å²) in [5, 5.41) is 26.3. The second-order valence-corrected chi connectivity index (χ2v) is 18.3. The standard InChI is InChI=1S/C40H68N4O4/c1-26-33-18-31(40(33,6)7)19-34(26)41-38(47)37-36(27(2)46)35(25-45)48-44(37)23-30-16-12-15-29(17-30)22-43(21-28-13-10-11-14-28)32(24-42(8)9)20-39(3,4)5/h12,15-17,26-28,31-37,45-46H,10-11,13-14,18-25H2,1-9H3,(H,41,47)/t26-,27-,31+,32-,33-,34-,35-,36+,37-/m0/s1. The van der Waals surface area contributed by atoms with Crippen molar-refractivity contribution in [2.45, 2.75) is 137 Å². The Morgan fingerprint density at radius 1 is 1.15 bits per heavy atom. The van der Waals surface area contributed by atoms with Crippen molar-refractivity contribution in [1.29, 1.82) is 0 Å². The van der Waals surface area contributed by atoms with Gasteiger partial charge in [-0.1, -0.05) is 78.6 Å². The highest BCUT2D eigenvalue weighted by Gasteiger charge is 2.57. The van der Waals surface area contributed by atoms with Crippen LogP contribution >= 0.6 is 0 Å². The summed E-state index contributed by atoms with van der Waals surface area (Å²) in [7, 11) is 4.37. The van der Waals surface area contributed by atoms with Gasteiger partial charge in [0.25, 0.3) is 0 Å². The number of likely N-dealkylation sites (N-methyl/N-ethyl adjacent to an activating group) is 1. The Morgan fingerprint density at radius 2 is 1.83 bits per heavy atom. The lowest BCUT2D eigenvalue weighted by atomic mass is 9.45. The predicted octanol–water partition coefficient (Wildman–Crippen LogP) is 5.71. The van der Waals surface area contributed by atoms with Gasteiger partial charge in [-0.2, -0.15) is 5.06 Å². The average molecular weight is 669 g/mol. The van der Waals surface area contributed by atoms with Crippen LogP contribution < -0.4 is 5.32 Å². The van der Waals surface area contributed by atoms with Crippen molar-refractivity contribution in [2.75, 3.05) is 33.8 Å². The van der Waals surface area contributed by atoms with E-state index >= 15 is 0 Å². The fourth-order valence-electron chi connectivity index (χ4n) is 10.0. The molecule has 4 saturated carbocycles. The number of benzene rings is 1. The number of aliphatic hydroxyl groups excluding tert-OH is 2. The quantitative estimate of drug-likeness (QED) is 0.234. The summed E-state index contributed by atoms with van der Waals surface area (Å²) in [6, 6.07) is 8.63. The molecule has 6 rings (SSSR count). The first-order chi connectivity index (χ1) is 22.6. The molecule has 48 heavy (non-hydrogen) atoms. The SMILES string of the molecule is C[C@@H]1[C@@H](NC(=O)[C@@H]2[C@H]([C@H](C)O)[C@H](CO)ON2Cc2cccc(CN(CC3CCCC3)[C@H](CN(C)C)CC(C)(C)C)c2)C[C@H]2C[C@@H]1C2(C)C. The molecule has 0 radical (unpaired) electrons. The van der Waals surface area contributed by atoms with Crippen molar-refractivity contribution < 1.29 is 19.8 Å². The zero-order valence-corrected chi connectivity index (χ0v) is 31.6. The van der Waals surface area contributed by atoms with Gasteiger partial charge in [0.1, 0.15) is 12.1 Å².